The number of aryl methyl sites for hydroxylation is 4. The zero-order chi connectivity index (χ0) is 49.1. The smallest absolute Gasteiger partial charge is 0.103 e. The molecule has 0 spiro atoms. The summed E-state index contributed by atoms with van der Waals surface area (Å²) < 4.78 is 0. The fraction of sp³-hybridized carbons (Fsp3) is 0.600. The van der Waals surface area contributed by atoms with E-state index in [0.717, 1.165) is 44.5 Å². The van der Waals surface area contributed by atoms with E-state index in [9.17, 15) is 20.4 Å². The molecule has 4 aromatic carbocycles. The minimum Gasteiger partial charge on any atom is -2.00 e. The third kappa shape index (κ3) is 16.5. The first-order chi connectivity index (χ1) is 30.5. The standard InChI is InChI=1S/2C30H45NO2.2O.U/c2*1-20-14-24(29(3,4)5)16-22(27(20)32)18-31(26-12-10-9-11-13-26)19-23-17-25(30(6,7)8)15-21(2)28(23)33;;;/h2*14-17,26,32-33H,9-13,18-19H2,1-8H3;;;/q;;2*-2;/p-2. The van der Waals surface area contributed by atoms with Gasteiger partial charge in [-0.1, -0.05) is 190 Å². The van der Waals surface area contributed by atoms with Crippen LogP contribution < -0.4 is 30.2 Å². The van der Waals surface area contributed by atoms with Gasteiger partial charge in [0.2, 0.25) is 0 Å². The van der Waals surface area contributed by atoms with Crippen molar-refractivity contribution in [3.8, 4) is 23.0 Å². The van der Waals surface area contributed by atoms with E-state index in [1.54, 1.807) is 0 Å². The summed E-state index contributed by atoms with van der Waals surface area (Å²) >= 11 is 0. The Morgan fingerprint density at radius 3 is 0.725 bits per heavy atom. The van der Waals surface area contributed by atoms with Gasteiger partial charge in [0.05, 0.1) is 12.1 Å². The van der Waals surface area contributed by atoms with Gasteiger partial charge in [-0.05, 0) is 145 Å². The van der Waals surface area contributed by atoms with E-state index in [-0.39, 0.29) is 86.7 Å². The summed E-state index contributed by atoms with van der Waals surface area (Å²) in [6, 6.07) is 17.7. The first-order valence-electron chi connectivity index (χ1n) is 25.5. The van der Waals surface area contributed by atoms with Crippen LogP contribution in [-0.2, 0) is 58.8 Å². The molecule has 4 aromatic rings. The van der Waals surface area contributed by atoms with Crippen LogP contribution in [0.25, 0.3) is 0 Å². The van der Waals surface area contributed by atoms with Crippen LogP contribution in [0.5, 0.6) is 23.0 Å². The van der Waals surface area contributed by atoms with Crippen LogP contribution in [0, 0.1) is 58.8 Å². The second-order valence-electron chi connectivity index (χ2n) is 24.8. The topological polar surface area (TPSA) is 158 Å². The van der Waals surface area contributed by atoms with Crippen LogP contribution in [0.4, 0.5) is 0 Å². The van der Waals surface area contributed by atoms with Crippen molar-refractivity contribution >= 4 is 0 Å². The number of rotatable bonds is 10. The molecule has 2 aliphatic carbocycles. The Balaban J connectivity index is 0.000000454. The van der Waals surface area contributed by atoms with Gasteiger partial charge in [0.15, 0.2) is 0 Å². The Morgan fingerprint density at radius 2 is 0.551 bits per heavy atom. The molecule has 0 aliphatic heterocycles. The van der Waals surface area contributed by atoms with E-state index in [1.807, 2.05) is 27.7 Å². The Kier molecular flexibility index (Phi) is 22.6. The maximum absolute atomic E-state index is 13.2. The van der Waals surface area contributed by atoms with Crippen molar-refractivity contribution < 1.29 is 72.3 Å². The molecule has 0 atom stereocenters. The Hall–Kier alpha value is -3.03. The largest absolute Gasteiger partial charge is 2.00 e. The van der Waals surface area contributed by atoms with Gasteiger partial charge in [-0.3, -0.25) is 0 Å². The molecule has 0 unspecified atom stereocenters. The predicted octanol–water partition coefficient (Wildman–Crippen LogP) is 9.69. The zero-order valence-corrected chi connectivity index (χ0v) is 49.8. The second-order valence-corrected chi connectivity index (χ2v) is 24.8. The molecule has 0 saturated heterocycles. The Morgan fingerprint density at radius 1 is 0.362 bits per heavy atom. The molecule has 0 bridgehead atoms. The maximum atomic E-state index is 13.2. The quantitative estimate of drug-likeness (QED) is 0.162. The molecule has 0 amide bonds. The van der Waals surface area contributed by atoms with Crippen molar-refractivity contribution in [3.05, 3.63) is 115 Å². The maximum Gasteiger partial charge on any atom is 0.103 e. The van der Waals surface area contributed by atoms with Gasteiger partial charge in [0.1, 0.15) is 26.2 Å². The molecule has 9 heteroatoms. The summed E-state index contributed by atoms with van der Waals surface area (Å²) in [7, 11) is 0. The minimum absolute atomic E-state index is 0. The molecule has 0 radical (unpaired) electrons. The number of hydrogen-bond donors (Lipinski definition) is 2. The molecule has 0 heterocycles. The molecule has 6 rings (SSSR count). The number of quaternary nitrogens is 2. The zero-order valence-electron chi connectivity index (χ0n) is 45.6. The SMILES string of the molecule is Cc1cc(C(C)(C)C)cc(C[NH+](Cc2cc(C(C)(C)C)cc(C)c2[O-])C2CCCCC2)c1[O-].Cc1cc(C(C)(C)C)cc(C[NH+](Cc2cc(C(C)(C)C)cc(C)c2[O-])C2CCCCC2)c1[O-].[O-2].[O-2].[U]. The molecule has 69 heavy (non-hydrogen) atoms. The van der Waals surface area contributed by atoms with Gasteiger partial charge in [-0.15, -0.1) is 0 Å². The van der Waals surface area contributed by atoms with Gasteiger partial charge >= 0.3 is 0 Å². The van der Waals surface area contributed by atoms with E-state index >= 15 is 0 Å². The van der Waals surface area contributed by atoms with E-state index < -0.39 is 0 Å². The van der Waals surface area contributed by atoms with Gasteiger partial charge in [0, 0.05) is 31.1 Å². The van der Waals surface area contributed by atoms with E-state index in [0.29, 0.717) is 38.3 Å². The number of nitrogens with one attached hydrogen (secondary N) is 2. The number of hydrogen-bond acceptors (Lipinski definition) is 4. The third-order valence-corrected chi connectivity index (χ3v) is 14.9. The third-order valence-electron chi connectivity index (χ3n) is 14.9. The van der Waals surface area contributed by atoms with E-state index in [2.05, 4.69) is 132 Å². The summed E-state index contributed by atoms with van der Waals surface area (Å²) in [5.41, 5.74) is 11.8. The molecule has 384 valence electrons. The van der Waals surface area contributed by atoms with Crippen molar-refractivity contribution in [1.82, 2.24) is 0 Å². The molecular formula is C60H88N2O6U-6. The van der Waals surface area contributed by atoms with Crippen LogP contribution in [0.3, 0.4) is 0 Å². The predicted molar refractivity (Wildman–Crippen MR) is 269 cm³/mol. The molecule has 2 saturated carbocycles. The van der Waals surface area contributed by atoms with E-state index in [1.165, 1.54) is 96.3 Å². The first-order valence-corrected chi connectivity index (χ1v) is 25.5. The van der Waals surface area contributed by atoms with Crippen molar-refractivity contribution in [3.63, 3.8) is 0 Å². The monoisotopic (exact) mass is 1170 g/mol. The summed E-state index contributed by atoms with van der Waals surface area (Å²) in [4.78, 5) is 2.75. The Labute approximate surface area is 442 Å². The Bertz CT molecular complexity index is 1980. The normalized spacial score (nSPS) is 15.2. The molecule has 0 aromatic heterocycles. The summed E-state index contributed by atoms with van der Waals surface area (Å²) in [6.45, 7) is 36.9. The molecular weight excluding hydrogens is 1080 g/mol. The van der Waals surface area contributed by atoms with Crippen molar-refractivity contribution in [2.45, 2.75) is 235 Å². The van der Waals surface area contributed by atoms with E-state index in [4.69, 9.17) is 0 Å². The average molecular weight is 1170 g/mol. The summed E-state index contributed by atoms with van der Waals surface area (Å²) in [6.07, 6.45) is 12.2. The molecule has 2 fully saturated rings. The van der Waals surface area contributed by atoms with Crippen LogP contribution in [0.15, 0.2) is 48.5 Å². The van der Waals surface area contributed by atoms with Crippen molar-refractivity contribution in [2.75, 3.05) is 0 Å². The first kappa shape index (κ1) is 62.1. The minimum atomic E-state index is -0.00144. The van der Waals surface area contributed by atoms with Gasteiger partial charge in [0.25, 0.3) is 0 Å². The van der Waals surface area contributed by atoms with Gasteiger partial charge < -0.3 is 41.2 Å². The van der Waals surface area contributed by atoms with Crippen LogP contribution in [0.2, 0.25) is 0 Å². The summed E-state index contributed by atoms with van der Waals surface area (Å²) in [5.74, 6) is 0.660. The van der Waals surface area contributed by atoms with Gasteiger partial charge in [-0.2, -0.15) is 0 Å². The van der Waals surface area contributed by atoms with Crippen LogP contribution in [0.1, 0.15) is 214 Å². The van der Waals surface area contributed by atoms with Crippen LogP contribution in [-0.4, -0.2) is 12.1 Å². The second kappa shape index (κ2) is 25.1. The average Bonchev–Trinajstić information content (AvgIpc) is 3.22. The number of benzene rings is 4. The van der Waals surface area contributed by atoms with Crippen LogP contribution >= 0.6 is 0 Å². The molecule has 2 aliphatic rings. The molecule has 2 N–H and O–H groups in total. The van der Waals surface area contributed by atoms with Crippen molar-refractivity contribution in [1.29, 1.82) is 0 Å². The fourth-order valence-corrected chi connectivity index (χ4v) is 10.3. The van der Waals surface area contributed by atoms with Crippen molar-refractivity contribution in [2.24, 2.45) is 0 Å². The fourth-order valence-electron chi connectivity index (χ4n) is 10.3. The molecule has 8 nitrogen and oxygen atoms in total. The van der Waals surface area contributed by atoms with Gasteiger partial charge in [-0.25, -0.2) is 0 Å². The summed E-state index contributed by atoms with van der Waals surface area (Å²) in [5, 5.41) is 52.6.